The van der Waals surface area contributed by atoms with Crippen molar-refractivity contribution >= 4 is 43.3 Å². The van der Waals surface area contributed by atoms with Crippen LogP contribution in [0.1, 0.15) is 95.8 Å². The molecule has 272 valence electrons. The average Bonchev–Trinajstić information content (AvgIpc) is 3.37. The minimum Gasteiger partial charge on any atom is -0.481 e. The predicted molar refractivity (Wildman–Crippen MR) is 198 cm³/mol. The van der Waals surface area contributed by atoms with E-state index in [1.54, 1.807) is 6.07 Å². The van der Waals surface area contributed by atoms with Crippen molar-refractivity contribution < 1.29 is 40.4 Å². The molecule has 0 bridgehead atoms. The molecular weight excluding hydrogens is 677 g/mol. The maximum atomic E-state index is 12.2. The monoisotopic (exact) mass is 727 g/mol. The van der Waals surface area contributed by atoms with Gasteiger partial charge >= 0.3 is 5.97 Å². The van der Waals surface area contributed by atoms with E-state index < -0.39 is 37.4 Å². The summed E-state index contributed by atoms with van der Waals surface area (Å²) in [4.78, 5) is 12.8. The number of hydrogen-bond acceptors (Lipinski definition) is 6. The molecule has 2 aromatic carbocycles. The highest BCUT2D eigenvalue weighted by atomic mass is 32.2. The van der Waals surface area contributed by atoms with Crippen LogP contribution in [0.4, 0.5) is 11.4 Å². The third kappa shape index (κ3) is 9.01. The van der Waals surface area contributed by atoms with Crippen LogP contribution in [-0.2, 0) is 35.9 Å². The Balaban J connectivity index is 1.74. The lowest BCUT2D eigenvalue weighted by molar-refractivity contribution is -0.438. The summed E-state index contributed by atoms with van der Waals surface area (Å²) in [5.74, 6) is -1.31. The van der Waals surface area contributed by atoms with E-state index in [4.69, 9.17) is 5.11 Å². The van der Waals surface area contributed by atoms with Crippen LogP contribution in [0.5, 0.6) is 0 Å². The molecule has 0 saturated heterocycles. The molecule has 1 unspecified atom stereocenters. The van der Waals surface area contributed by atoms with Gasteiger partial charge in [0, 0.05) is 53.9 Å². The number of aryl methyl sites for hydroxylation is 1. The van der Waals surface area contributed by atoms with Crippen LogP contribution in [0.15, 0.2) is 77.4 Å². The van der Waals surface area contributed by atoms with Gasteiger partial charge in [0.05, 0.1) is 16.1 Å². The van der Waals surface area contributed by atoms with Gasteiger partial charge in [0.1, 0.15) is 6.54 Å². The second kappa shape index (κ2) is 15.8. The molecule has 2 aliphatic heterocycles. The van der Waals surface area contributed by atoms with E-state index in [1.807, 2.05) is 36.1 Å². The summed E-state index contributed by atoms with van der Waals surface area (Å²) in [6.45, 7) is 11.9. The molecule has 0 saturated carbocycles. The van der Waals surface area contributed by atoms with E-state index in [-0.39, 0.29) is 29.7 Å². The molecule has 0 aliphatic carbocycles. The van der Waals surface area contributed by atoms with Gasteiger partial charge in [-0.25, -0.2) is 0 Å². The van der Waals surface area contributed by atoms with Crippen molar-refractivity contribution in [2.45, 2.75) is 102 Å². The lowest BCUT2D eigenvalue weighted by Gasteiger charge is -2.30. The first-order valence-corrected chi connectivity index (χ1v) is 20.3. The van der Waals surface area contributed by atoms with Crippen LogP contribution in [0.3, 0.4) is 0 Å². The molecule has 0 amide bonds. The Kier molecular flexibility index (Phi) is 12.4. The summed E-state index contributed by atoms with van der Waals surface area (Å²) in [7, 11) is -8.71. The number of carboxylic acid groups (broad SMARTS) is 1. The summed E-state index contributed by atoms with van der Waals surface area (Å²) in [6, 6.07) is 11.0. The summed E-state index contributed by atoms with van der Waals surface area (Å²) < 4.78 is 69.3. The molecule has 3 N–H and O–H groups in total. The molecule has 1 atom stereocenters. The Morgan fingerprint density at radius 2 is 1.64 bits per heavy atom. The summed E-state index contributed by atoms with van der Waals surface area (Å²) in [5, 5.41) is 9.10. The highest BCUT2D eigenvalue weighted by molar-refractivity contribution is 7.86. The maximum Gasteiger partial charge on any atom is 0.303 e. The number of nitrogens with zero attached hydrogens (tertiary/aromatic N) is 2. The lowest BCUT2D eigenvalue weighted by Crippen LogP contribution is -2.30. The number of aliphatic carboxylic acids is 1. The van der Waals surface area contributed by atoms with Crippen molar-refractivity contribution in [3.05, 3.63) is 89.2 Å². The first-order chi connectivity index (χ1) is 23.4. The molecule has 0 fully saturated rings. The van der Waals surface area contributed by atoms with Crippen LogP contribution in [-0.4, -0.2) is 66.1 Å². The predicted octanol–water partition coefficient (Wildman–Crippen LogP) is 7.51. The molecule has 50 heavy (non-hydrogen) atoms. The van der Waals surface area contributed by atoms with Gasteiger partial charge in [-0.3, -0.25) is 13.9 Å². The van der Waals surface area contributed by atoms with Crippen molar-refractivity contribution in [2.75, 3.05) is 23.7 Å². The molecule has 10 nitrogen and oxygen atoms in total. The number of hydrogen-bond donors (Lipinski definition) is 3. The van der Waals surface area contributed by atoms with Crippen LogP contribution in [0.2, 0.25) is 0 Å². The fourth-order valence-electron chi connectivity index (χ4n) is 7.24. The average molecular weight is 728 g/mol. The topological polar surface area (TPSA) is 152 Å². The number of carbonyl (C=O) groups is 1. The Morgan fingerprint density at radius 1 is 0.900 bits per heavy atom. The van der Waals surface area contributed by atoms with Gasteiger partial charge in [-0.15, -0.1) is 0 Å². The molecule has 0 spiro atoms. The molecule has 2 aromatic rings. The van der Waals surface area contributed by atoms with Gasteiger partial charge < -0.3 is 10.0 Å². The molecular formula is C38H51N2O8S2+. The zero-order chi connectivity index (χ0) is 36.9. The van der Waals surface area contributed by atoms with Crippen LogP contribution >= 0.6 is 0 Å². The van der Waals surface area contributed by atoms with Gasteiger partial charge in [0.15, 0.2) is 5.71 Å². The molecule has 4 rings (SSSR count). The smallest absolute Gasteiger partial charge is 0.303 e. The third-order valence-electron chi connectivity index (χ3n) is 9.87. The normalized spacial score (nSPS) is 19.7. The minimum absolute atomic E-state index is 0.0517. The molecule has 12 heteroatoms. The van der Waals surface area contributed by atoms with Crippen LogP contribution in [0.25, 0.3) is 0 Å². The summed E-state index contributed by atoms with van der Waals surface area (Å²) in [5.41, 5.74) is 6.15. The second-order valence-electron chi connectivity index (χ2n) is 14.1. The first-order valence-electron chi connectivity index (χ1n) is 17.3. The largest absolute Gasteiger partial charge is 0.481 e. The van der Waals surface area contributed by atoms with E-state index in [0.29, 0.717) is 36.9 Å². The first kappa shape index (κ1) is 39.2. The SMILES string of the molecule is CCCC[N+]1=C(/C=C/C=C/C=C2\N(CCCS(=O)(=O)O)c3ccc(S(=O)(=O)O)cc3C2(C)CCCCCC(=O)O)C(C)(C)c2cc(C)ccc21. The number of anilines is 1. The number of rotatable bonds is 17. The van der Waals surface area contributed by atoms with Crippen molar-refractivity contribution in [3.8, 4) is 0 Å². The van der Waals surface area contributed by atoms with E-state index in [0.717, 1.165) is 25.1 Å². The van der Waals surface area contributed by atoms with Gasteiger partial charge in [0.2, 0.25) is 5.69 Å². The van der Waals surface area contributed by atoms with E-state index >= 15 is 0 Å². The highest BCUT2D eigenvalue weighted by Crippen LogP contribution is 2.51. The fourth-order valence-corrected chi connectivity index (χ4v) is 8.24. The third-order valence-corrected chi connectivity index (χ3v) is 11.5. The summed E-state index contributed by atoms with van der Waals surface area (Å²) in [6.07, 6.45) is 14.6. The number of fused-ring (bicyclic) bond motifs is 2. The number of unbranched alkanes of at least 4 members (excludes halogenated alkanes) is 3. The molecule has 0 aromatic heterocycles. The second-order valence-corrected chi connectivity index (χ2v) is 17.1. The van der Waals surface area contributed by atoms with Crippen molar-refractivity contribution in [3.63, 3.8) is 0 Å². The number of allylic oxidation sites excluding steroid dienone is 6. The Morgan fingerprint density at radius 3 is 2.30 bits per heavy atom. The van der Waals surface area contributed by atoms with Gasteiger partial charge in [-0.1, -0.05) is 56.0 Å². The maximum absolute atomic E-state index is 12.2. The Hall–Kier alpha value is -3.58. The highest BCUT2D eigenvalue weighted by Gasteiger charge is 2.45. The minimum atomic E-state index is -4.50. The zero-order valence-corrected chi connectivity index (χ0v) is 31.4. The number of carboxylic acids is 1. The standard InChI is InChI=1S/C38H50N2O8S2/c1-6-7-23-39-32-20-18-28(2)26-30(32)37(3,4)34(39)15-10-8-11-16-35-38(5,22-13-9-12-17-36(41)42)31-27-29(50(46,47)48)19-21-33(31)40(35)24-14-25-49(43,44)45/h8,10-11,15-16,18-21,26-27H,6-7,9,12-14,17,22-25H2,1-5H3,(H2-,41,42,43,44,45,46,47,48)/p+1. The van der Waals surface area contributed by atoms with Crippen molar-refractivity contribution in [1.82, 2.24) is 0 Å². The van der Waals surface area contributed by atoms with Crippen LogP contribution < -0.4 is 4.90 Å². The van der Waals surface area contributed by atoms with Gasteiger partial charge in [0.25, 0.3) is 20.2 Å². The van der Waals surface area contributed by atoms with E-state index in [9.17, 15) is 30.7 Å². The quantitative estimate of drug-likeness (QED) is 0.0651. The molecule has 0 radical (unpaired) electrons. The van der Waals surface area contributed by atoms with Crippen molar-refractivity contribution in [1.29, 1.82) is 0 Å². The van der Waals surface area contributed by atoms with Crippen LogP contribution in [0, 0.1) is 6.92 Å². The van der Waals surface area contributed by atoms with Gasteiger partial charge in [-0.2, -0.15) is 21.4 Å². The number of benzene rings is 2. The molecule has 2 aliphatic rings. The Labute approximate surface area is 297 Å². The van der Waals surface area contributed by atoms with Crippen molar-refractivity contribution in [2.24, 2.45) is 0 Å². The Bertz CT molecular complexity index is 1940. The lowest BCUT2D eigenvalue weighted by atomic mass is 9.77. The van der Waals surface area contributed by atoms with E-state index in [1.165, 1.54) is 34.7 Å². The summed E-state index contributed by atoms with van der Waals surface area (Å²) >= 11 is 0. The van der Waals surface area contributed by atoms with E-state index in [2.05, 4.69) is 56.5 Å². The zero-order valence-electron chi connectivity index (χ0n) is 29.7. The molecule has 2 heterocycles. The van der Waals surface area contributed by atoms with Gasteiger partial charge in [-0.05, 0) is 82.9 Å². The fraction of sp³-hybridized carbons (Fsp3) is 0.474.